The van der Waals surface area contributed by atoms with Crippen LogP contribution in [0.5, 0.6) is 11.5 Å². The summed E-state index contributed by atoms with van der Waals surface area (Å²) in [5.74, 6) is 1.53. The Balaban J connectivity index is 1.62. The molecule has 1 N–H and O–H groups in total. The van der Waals surface area contributed by atoms with Crippen molar-refractivity contribution >= 4 is 27.7 Å². The van der Waals surface area contributed by atoms with Gasteiger partial charge in [-0.1, -0.05) is 12.1 Å². The first-order valence-electron chi connectivity index (χ1n) is 7.28. The molecular weight excluding hydrogens is 360 g/mol. The molecule has 2 heterocycles. The van der Waals surface area contributed by atoms with Crippen LogP contribution >= 0.6 is 15.9 Å². The summed E-state index contributed by atoms with van der Waals surface area (Å²) in [6.07, 6.45) is 2.45. The molecule has 0 spiro atoms. The number of ether oxygens (including phenoxy) is 2. The largest absolute Gasteiger partial charge is 0.483 e. The molecule has 1 aliphatic heterocycles. The number of carbonyl (C=O) groups is 1. The standard InChI is InChI=1S/C17H17BrN2O3/c1-17(2)8-11-4-3-5-13(16(11)23-17)22-10-15(21)20-14-7-6-12(18)9-19-14/h3-7,9H,8,10H2,1-2H3,(H,19,20,21). The van der Waals surface area contributed by atoms with Crippen LogP contribution in [-0.4, -0.2) is 23.1 Å². The van der Waals surface area contributed by atoms with E-state index in [-0.39, 0.29) is 18.1 Å². The molecular formula is C17H17BrN2O3. The zero-order valence-electron chi connectivity index (χ0n) is 12.9. The molecule has 1 aromatic heterocycles. The summed E-state index contributed by atoms with van der Waals surface area (Å²) in [6.45, 7) is 3.96. The number of hydrogen-bond donors (Lipinski definition) is 1. The van der Waals surface area contributed by atoms with Crippen molar-refractivity contribution in [3.05, 3.63) is 46.6 Å². The van der Waals surface area contributed by atoms with Gasteiger partial charge in [-0.25, -0.2) is 4.98 Å². The van der Waals surface area contributed by atoms with E-state index < -0.39 is 0 Å². The van der Waals surface area contributed by atoms with Crippen molar-refractivity contribution in [2.75, 3.05) is 11.9 Å². The highest BCUT2D eigenvalue weighted by atomic mass is 79.9. The molecule has 120 valence electrons. The lowest BCUT2D eigenvalue weighted by Crippen LogP contribution is -2.25. The number of nitrogens with zero attached hydrogens (tertiary/aromatic N) is 1. The number of aromatic nitrogens is 1. The highest BCUT2D eigenvalue weighted by molar-refractivity contribution is 9.10. The maximum Gasteiger partial charge on any atom is 0.263 e. The smallest absolute Gasteiger partial charge is 0.263 e. The molecule has 0 atom stereocenters. The van der Waals surface area contributed by atoms with Crippen molar-refractivity contribution in [1.82, 2.24) is 4.98 Å². The minimum absolute atomic E-state index is 0.0992. The van der Waals surface area contributed by atoms with E-state index in [0.717, 1.165) is 22.2 Å². The molecule has 0 aliphatic carbocycles. The Bertz CT molecular complexity index is 729. The van der Waals surface area contributed by atoms with E-state index in [9.17, 15) is 4.79 Å². The van der Waals surface area contributed by atoms with Crippen LogP contribution in [0.4, 0.5) is 5.82 Å². The Kier molecular flexibility index (Phi) is 4.26. The van der Waals surface area contributed by atoms with E-state index in [2.05, 4.69) is 26.2 Å². The highest BCUT2D eigenvalue weighted by Gasteiger charge is 2.32. The Morgan fingerprint density at radius 3 is 2.96 bits per heavy atom. The van der Waals surface area contributed by atoms with E-state index in [1.165, 1.54) is 0 Å². The van der Waals surface area contributed by atoms with Crippen LogP contribution in [-0.2, 0) is 11.2 Å². The number of para-hydroxylation sites is 1. The number of fused-ring (bicyclic) bond motifs is 1. The molecule has 0 bridgehead atoms. The number of pyridine rings is 1. The average Bonchev–Trinajstić information content (AvgIpc) is 2.82. The van der Waals surface area contributed by atoms with Gasteiger partial charge in [0.2, 0.25) is 0 Å². The number of hydrogen-bond acceptors (Lipinski definition) is 4. The molecule has 1 amide bonds. The molecule has 1 aliphatic rings. The van der Waals surface area contributed by atoms with Crippen LogP contribution in [0.15, 0.2) is 41.0 Å². The first-order valence-corrected chi connectivity index (χ1v) is 8.07. The third-order valence-electron chi connectivity index (χ3n) is 3.41. The van der Waals surface area contributed by atoms with E-state index >= 15 is 0 Å². The summed E-state index contributed by atoms with van der Waals surface area (Å²) in [5.41, 5.74) is 0.855. The third-order valence-corrected chi connectivity index (χ3v) is 3.88. The Morgan fingerprint density at radius 2 is 2.22 bits per heavy atom. The number of benzene rings is 1. The lowest BCUT2D eigenvalue weighted by Gasteiger charge is -2.18. The first kappa shape index (κ1) is 15.8. The van der Waals surface area contributed by atoms with E-state index in [1.54, 1.807) is 12.3 Å². The summed E-state index contributed by atoms with van der Waals surface area (Å²) in [5, 5.41) is 2.69. The van der Waals surface area contributed by atoms with Gasteiger partial charge in [-0.15, -0.1) is 0 Å². The lowest BCUT2D eigenvalue weighted by molar-refractivity contribution is -0.118. The maximum atomic E-state index is 12.0. The molecule has 6 heteroatoms. The number of carbonyl (C=O) groups excluding carboxylic acids is 1. The van der Waals surface area contributed by atoms with Crippen LogP contribution in [0.2, 0.25) is 0 Å². The number of amides is 1. The van der Waals surface area contributed by atoms with Crippen LogP contribution in [0.3, 0.4) is 0 Å². The molecule has 0 unspecified atom stereocenters. The molecule has 0 fully saturated rings. The predicted octanol–water partition coefficient (Wildman–Crippen LogP) is 3.58. The minimum Gasteiger partial charge on any atom is -0.483 e. The molecule has 3 rings (SSSR count). The van der Waals surface area contributed by atoms with Crippen molar-refractivity contribution in [2.45, 2.75) is 25.9 Å². The second-order valence-corrected chi connectivity index (χ2v) is 6.90. The number of halogens is 1. The van der Waals surface area contributed by atoms with E-state index in [0.29, 0.717) is 11.6 Å². The van der Waals surface area contributed by atoms with Gasteiger partial charge >= 0.3 is 0 Å². The fourth-order valence-corrected chi connectivity index (χ4v) is 2.71. The van der Waals surface area contributed by atoms with Crippen molar-refractivity contribution in [2.24, 2.45) is 0 Å². The van der Waals surface area contributed by atoms with Gasteiger partial charge in [-0.3, -0.25) is 4.79 Å². The molecule has 2 aromatic rings. The Morgan fingerprint density at radius 1 is 1.39 bits per heavy atom. The van der Waals surface area contributed by atoms with Gasteiger partial charge in [0.1, 0.15) is 11.4 Å². The average molecular weight is 377 g/mol. The summed E-state index contributed by atoms with van der Waals surface area (Å²) in [7, 11) is 0. The van der Waals surface area contributed by atoms with Gasteiger partial charge in [0.05, 0.1) is 0 Å². The number of anilines is 1. The van der Waals surface area contributed by atoms with Gasteiger partial charge in [-0.05, 0) is 48.0 Å². The predicted molar refractivity (Wildman–Crippen MR) is 90.9 cm³/mol. The van der Waals surface area contributed by atoms with Crippen molar-refractivity contribution in [3.63, 3.8) is 0 Å². The molecule has 23 heavy (non-hydrogen) atoms. The van der Waals surface area contributed by atoms with E-state index in [4.69, 9.17) is 9.47 Å². The summed E-state index contributed by atoms with van der Waals surface area (Å²) in [6, 6.07) is 9.26. The molecule has 1 aromatic carbocycles. The van der Waals surface area contributed by atoms with Crippen LogP contribution in [0.1, 0.15) is 19.4 Å². The SMILES string of the molecule is CC1(C)Cc2cccc(OCC(=O)Nc3ccc(Br)cn3)c2O1. The highest BCUT2D eigenvalue weighted by Crippen LogP contribution is 2.41. The molecule has 0 radical (unpaired) electrons. The zero-order valence-corrected chi connectivity index (χ0v) is 14.5. The quantitative estimate of drug-likeness (QED) is 0.885. The monoisotopic (exact) mass is 376 g/mol. The first-order chi connectivity index (χ1) is 10.9. The Hall–Kier alpha value is -2.08. The third kappa shape index (κ3) is 3.82. The van der Waals surface area contributed by atoms with Gasteiger partial charge in [0, 0.05) is 22.7 Å². The number of rotatable bonds is 4. The van der Waals surface area contributed by atoms with Crippen LogP contribution in [0, 0.1) is 0 Å². The van der Waals surface area contributed by atoms with Gasteiger partial charge in [0.15, 0.2) is 18.1 Å². The summed E-state index contributed by atoms with van der Waals surface area (Å²) < 4.78 is 12.4. The molecule has 0 saturated carbocycles. The van der Waals surface area contributed by atoms with Crippen molar-refractivity contribution in [3.8, 4) is 11.5 Å². The fourth-order valence-electron chi connectivity index (χ4n) is 2.47. The summed E-state index contributed by atoms with van der Waals surface area (Å²) in [4.78, 5) is 16.1. The second kappa shape index (κ2) is 6.20. The van der Waals surface area contributed by atoms with Gasteiger partial charge < -0.3 is 14.8 Å². The normalized spacial score (nSPS) is 14.7. The summed E-state index contributed by atoms with van der Waals surface area (Å²) >= 11 is 3.30. The molecule has 5 nitrogen and oxygen atoms in total. The fraction of sp³-hybridized carbons (Fsp3) is 0.294. The second-order valence-electron chi connectivity index (χ2n) is 5.98. The lowest BCUT2D eigenvalue weighted by atomic mass is 10.0. The van der Waals surface area contributed by atoms with Crippen molar-refractivity contribution in [1.29, 1.82) is 0 Å². The van der Waals surface area contributed by atoms with Crippen molar-refractivity contribution < 1.29 is 14.3 Å². The zero-order chi connectivity index (χ0) is 16.4. The van der Waals surface area contributed by atoms with Gasteiger partial charge in [-0.2, -0.15) is 0 Å². The van der Waals surface area contributed by atoms with E-state index in [1.807, 2.05) is 38.1 Å². The Labute approximate surface area is 143 Å². The maximum absolute atomic E-state index is 12.0. The van der Waals surface area contributed by atoms with Crippen LogP contribution < -0.4 is 14.8 Å². The van der Waals surface area contributed by atoms with Crippen LogP contribution in [0.25, 0.3) is 0 Å². The van der Waals surface area contributed by atoms with Gasteiger partial charge in [0.25, 0.3) is 5.91 Å². The minimum atomic E-state index is -0.269. The molecule has 0 saturated heterocycles. The topological polar surface area (TPSA) is 60.5 Å². The number of nitrogens with one attached hydrogen (secondary N) is 1.